The van der Waals surface area contributed by atoms with Crippen molar-refractivity contribution in [2.45, 2.75) is 12.1 Å². The molecule has 0 bridgehead atoms. The Labute approximate surface area is 47.0 Å². The summed E-state index contributed by atoms with van der Waals surface area (Å²) in [6.07, 6.45) is 1.63. The SMILES string of the molecule is Cc1cnc(S)o1. The smallest absolute Gasteiger partial charge is 0.252 e. The third-order valence-electron chi connectivity index (χ3n) is 0.609. The Kier molecular flexibility index (Phi) is 1.06. The van der Waals surface area contributed by atoms with Crippen LogP contribution >= 0.6 is 12.6 Å². The maximum absolute atomic E-state index is 4.84. The molecule has 0 aliphatic carbocycles. The van der Waals surface area contributed by atoms with Gasteiger partial charge in [0, 0.05) is 0 Å². The first kappa shape index (κ1) is 4.71. The van der Waals surface area contributed by atoms with Gasteiger partial charge in [-0.05, 0) is 6.92 Å². The van der Waals surface area contributed by atoms with E-state index in [9.17, 15) is 0 Å². The van der Waals surface area contributed by atoms with Gasteiger partial charge in [-0.15, -0.1) is 0 Å². The molecule has 0 aliphatic rings. The molecule has 0 atom stereocenters. The van der Waals surface area contributed by atoms with E-state index in [0.29, 0.717) is 5.22 Å². The lowest BCUT2D eigenvalue weighted by atomic mass is 10.6. The van der Waals surface area contributed by atoms with Crippen LogP contribution in [0.3, 0.4) is 0 Å². The number of hydrogen-bond acceptors (Lipinski definition) is 3. The fourth-order valence-corrected chi connectivity index (χ4v) is 0.545. The van der Waals surface area contributed by atoms with Crippen LogP contribution in [0.4, 0.5) is 0 Å². The first-order chi connectivity index (χ1) is 3.29. The topological polar surface area (TPSA) is 26.0 Å². The lowest BCUT2D eigenvalue weighted by molar-refractivity contribution is 0.433. The van der Waals surface area contributed by atoms with E-state index < -0.39 is 0 Å². The number of oxazole rings is 1. The highest BCUT2D eigenvalue weighted by atomic mass is 32.1. The maximum Gasteiger partial charge on any atom is 0.252 e. The molecule has 1 aromatic heterocycles. The summed E-state index contributed by atoms with van der Waals surface area (Å²) in [7, 11) is 0. The molecule has 38 valence electrons. The summed E-state index contributed by atoms with van der Waals surface area (Å²) in [5, 5.41) is 0.428. The van der Waals surface area contributed by atoms with E-state index in [-0.39, 0.29) is 0 Å². The Morgan fingerprint density at radius 3 is 2.71 bits per heavy atom. The van der Waals surface area contributed by atoms with Crippen LogP contribution in [0.1, 0.15) is 5.76 Å². The largest absolute Gasteiger partial charge is 0.437 e. The molecule has 1 aromatic rings. The third-order valence-corrected chi connectivity index (χ3v) is 0.816. The van der Waals surface area contributed by atoms with Crippen molar-refractivity contribution >= 4 is 12.6 Å². The van der Waals surface area contributed by atoms with Gasteiger partial charge in [-0.25, -0.2) is 4.98 Å². The zero-order valence-electron chi connectivity index (χ0n) is 3.88. The summed E-state index contributed by atoms with van der Waals surface area (Å²) >= 11 is 3.83. The molecule has 0 N–H and O–H groups in total. The van der Waals surface area contributed by atoms with Gasteiger partial charge in [-0.2, -0.15) is 0 Å². The lowest BCUT2D eigenvalue weighted by Crippen LogP contribution is -1.51. The number of aryl methyl sites for hydroxylation is 1. The summed E-state index contributed by atoms with van der Waals surface area (Å²) in [6, 6.07) is 0. The summed E-state index contributed by atoms with van der Waals surface area (Å²) in [5.41, 5.74) is 0. The molecular weight excluding hydrogens is 110 g/mol. The Morgan fingerprint density at radius 1 is 1.86 bits per heavy atom. The normalized spacial score (nSPS) is 9.43. The second kappa shape index (κ2) is 1.58. The molecule has 3 heteroatoms. The van der Waals surface area contributed by atoms with Crippen molar-refractivity contribution in [3.63, 3.8) is 0 Å². The zero-order chi connectivity index (χ0) is 5.28. The molecule has 0 fully saturated rings. The number of thiol groups is 1. The van der Waals surface area contributed by atoms with E-state index in [1.807, 2.05) is 6.92 Å². The quantitative estimate of drug-likeness (QED) is 0.515. The van der Waals surface area contributed by atoms with Gasteiger partial charge in [0.05, 0.1) is 6.20 Å². The highest BCUT2D eigenvalue weighted by Crippen LogP contribution is 2.03. The van der Waals surface area contributed by atoms with Crippen LogP contribution in [-0.4, -0.2) is 4.98 Å². The van der Waals surface area contributed by atoms with Gasteiger partial charge >= 0.3 is 0 Å². The molecule has 0 saturated carbocycles. The van der Waals surface area contributed by atoms with Gasteiger partial charge in [0.2, 0.25) is 0 Å². The summed E-state index contributed by atoms with van der Waals surface area (Å²) in [5.74, 6) is 0.796. The van der Waals surface area contributed by atoms with Crippen LogP contribution in [0, 0.1) is 6.92 Å². The molecule has 0 spiro atoms. The van der Waals surface area contributed by atoms with Crippen molar-refractivity contribution in [2.24, 2.45) is 0 Å². The molecule has 0 radical (unpaired) electrons. The molecular formula is C4H5NOS. The molecule has 0 aromatic carbocycles. The van der Waals surface area contributed by atoms with Crippen molar-refractivity contribution in [1.82, 2.24) is 4.98 Å². The maximum atomic E-state index is 4.84. The van der Waals surface area contributed by atoms with Crippen LogP contribution in [0.5, 0.6) is 0 Å². The average Bonchev–Trinajstić information content (AvgIpc) is 1.87. The summed E-state index contributed by atoms with van der Waals surface area (Å²) in [4.78, 5) is 3.71. The molecule has 0 saturated heterocycles. The number of hydrogen-bond donors (Lipinski definition) is 1. The van der Waals surface area contributed by atoms with Crippen LogP contribution in [-0.2, 0) is 0 Å². The second-order valence-corrected chi connectivity index (χ2v) is 1.64. The predicted molar refractivity (Wildman–Crippen MR) is 28.5 cm³/mol. The van der Waals surface area contributed by atoms with Crippen LogP contribution in [0.25, 0.3) is 0 Å². The molecule has 1 heterocycles. The van der Waals surface area contributed by atoms with E-state index in [2.05, 4.69) is 17.6 Å². The molecule has 1 rings (SSSR count). The van der Waals surface area contributed by atoms with Gasteiger partial charge in [0.15, 0.2) is 0 Å². The monoisotopic (exact) mass is 115 g/mol. The second-order valence-electron chi connectivity index (χ2n) is 1.25. The molecule has 0 amide bonds. The predicted octanol–water partition coefficient (Wildman–Crippen LogP) is 1.27. The van der Waals surface area contributed by atoms with Crippen LogP contribution in [0.15, 0.2) is 15.8 Å². The van der Waals surface area contributed by atoms with Crippen molar-refractivity contribution < 1.29 is 4.42 Å². The van der Waals surface area contributed by atoms with Gasteiger partial charge < -0.3 is 4.42 Å². The number of aromatic nitrogens is 1. The molecule has 0 unspecified atom stereocenters. The van der Waals surface area contributed by atoms with Crippen molar-refractivity contribution in [3.8, 4) is 0 Å². The van der Waals surface area contributed by atoms with Gasteiger partial charge in [-0.1, -0.05) is 12.6 Å². The lowest BCUT2D eigenvalue weighted by Gasteiger charge is -1.72. The Bertz CT molecular complexity index is 144. The highest BCUT2D eigenvalue weighted by molar-refractivity contribution is 7.80. The van der Waals surface area contributed by atoms with Gasteiger partial charge in [0.25, 0.3) is 5.22 Å². The molecule has 2 nitrogen and oxygen atoms in total. The van der Waals surface area contributed by atoms with E-state index >= 15 is 0 Å². The van der Waals surface area contributed by atoms with Gasteiger partial charge in [0.1, 0.15) is 5.76 Å². The standard InChI is InChI=1S/C4H5NOS/c1-3-2-5-4(7)6-3/h2H,1H3,(H,5,7). The fraction of sp³-hybridized carbons (Fsp3) is 0.250. The minimum absolute atomic E-state index is 0.428. The molecule has 7 heavy (non-hydrogen) atoms. The Balaban J connectivity index is 3.04. The van der Waals surface area contributed by atoms with E-state index in [1.54, 1.807) is 6.20 Å². The van der Waals surface area contributed by atoms with E-state index in [1.165, 1.54) is 0 Å². The molecule has 0 aliphatic heterocycles. The van der Waals surface area contributed by atoms with E-state index in [0.717, 1.165) is 5.76 Å². The summed E-state index contributed by atoms with van der Waals surface area (Å²) in [6.45, 7) is 1.83. The fourth-order valence-electron chi connectivity index (χ4n) is 0.343. The Hall–Kier alpha value is -0.440. The minimum atomic E-state index is 0.428. The van der Waals surface area contributed by atoms with Crippen molar-refractivity contribution in [2.75, 3.05) is 0 Å². The minimum Gasteiger partial charge on any atom is -0.437 e. The average molecular weight is 115 g/mol. The van der Waals surface area contributed by atoms with E-state index in [4.69, 9.17) is 4.42 Å². The van der Waals surface area contributed by atoms with Crippen molar-refractivity contribution in [1.29, 1.82) is 0 Å². The zero-order valence-corrected chi connectivity index (χ0v) is 4.77. The number of nitrogens with zero attached hydrogens (tertiary/aromatic N) is 1. The third kappa shape index (κ3) is 0.962. The van der Waals surface area contributed by atoms with Crippen molar-refractivity contribution in [3.05, 3.63) is 12.0 Å². The summed E-state index contributed by atoms with van der Waals surface area (Å²) < 4.78 is 4.84. The first-order valence-electron chi connectivity index (χ1n) is 1.90. The first-order valence-corrected chi connectivity index (χ1v) is 2.35. The Morgan fingerprint density at radius 2 is 2.57 bits per heavy atom. The highest BCUT2D eigenvalue weighted by Gasteiger charge is 1.88. The van der Waals surface area contributed by atoms with Crippen LogP contribution in [0.2, 0.25) is 0 Å². The number of rotatable bonds is 0. The van der Waals surface area contributed by atoms with Gasteiger partial charge in [-0.3, -0.25) is 0 Å². The van der Waals surface area contributed by atoms with Crippen LogP contribution < -0.4 is 0 Å².